The summed E-state index contributed by atoms with van der Waals surface area (Å²) in [6.07, 6.45) is 1.61. The molecule has 0 heterocycles. The van der Waals surface area contributed by atoms with Crippen LogP contribution in [0.5, 0.6) is 0 Å². The molecule has 0 spiro atoms. The van der Waals surface area contributed by atoms with Gasteiger partial charge in [0.15, 0.2) is 6.29 Å². The van der Waals surface area contributed by atoms with Crippen LogP contribution >= 0.6 is 0 Å². The molecule has 1 aromatic rings. The molecule has 0 aromatic heterocycles. The summed E-state index contributed by atoms with van der Waals surface area (Å²) in [5, 5.41) is 0. The molecule has 3 heteroatoms. The lowest BCUT2D eigenvalue weighted by Gasteiger charge is -2.09. The van der Waals surface area contributed by atoms with Gasteiger partial charge in [-0.1, -0.05) is 23.8 Å². The molecule has 0 aliphatic heterocycles. The topological polar surface area (TPSA) is 30.8 Å². The summed E-state index contributed by atoms with van der Waals surface area (Å²) in [4.78, 5) is 4.31. The molecule has 88 valence electrons. The summed E-state index contributed by atoms with van der Waals surface area (Å²) in [6.45, 7) is 4.66. The predicted octanol–water partition coefficient (Wildman–Crippen LogP) is 2.34. The number of hydrogen-bond acceptors (Lipinski definition) is 3. The Morgan fingerprint density at radius 1 is 1.25 bits per heavy atom. The summed E-state index contributed by atoms with van der Waals surface area (Å²) >= 11 is 0. The zero-order valence-electron chi connectivity index (χ0n) is 10.4. The monoisotopic (exact) mass is 221 g/mol. The molecule has 1 aromatic carbocycles. The van der Waals surface area contributed by atoms with E-state index in [1.54, 1.807) is 14.2 Å². The Morgan fingerprint density at radius 2 is 1.94 bits per heavy atom. The lowest BCUT2D eigenvalue weighted by atomic mass is 10.1. The number of hydrogen-bond donors (Lipinski definition) is 0. The molecule has 0 saturated heterocycles. The maximum Gasteiger partial charge on any atom is 0.176 e. The van der Waals surface area contributed by atoms with Gasteiger partial charge in [-0.3, -0.25) is 4.99 Å². The normalized spacial score (nSPS) is 11.6. The second-order valence-electron chi connectivity index (χ2n) is 3.76. The van der Waals surface area contributed by atoms with Crippen LogP contribution in [0.1, 0.15) is 16.7 Å². The van der Waals surface area contributed by atoms with E-state index in [0.717, 1.165) is 5.56 Å². The van der Waals surface area contributed by atoms with Crippen molar-refractivity contribution in [1.29, 1.82) is 0 Å². The van der Waals surface area contributed by atoms with Gasteiger partial charge in [0, 0.05) is 20.4 Å². The molecule has 0 saturated carbocycles. The largest absolute Gasteiger partial charge is 0.354 e. The third kappa shape index (κ3) is 3.76. The summed E-state index contributed by atoms with van der Waals surface area (Å²) in [5.41, 5.74) is 3.61. The van der Waals surface area contributed by atoms with Crippen molar-refractivity contribution in [2.24, 2.45) is 4.99 Å². The van der Waals surface area contributed by atoms with Crippen LogP contribution in [-0.2, 0) is 9.47 Å². The number of benzene rings is 1. The standard InChI is InChI=1S/C13H19NO2/c1-10-5-6-11(2)12(7-10)8-14-9-13(15-3)16-4/h5-8,13H,9H2,1-4H3. The molecular weight excluding hydrogens is 202 g/mol. The number of ether oxygens (including phenoxy) is 2. The minimum atomic E-state index is -0.263. The first kappa shape index (κ1) is 12.9. The minimum Gasteiger partial charge on any atom is -0.354 e. The van der Waals surface area contributed by atoms with E-state index in [1.165, 1.54) is 11.1 Å². The van der Waals surface area contributed by atoms with Gasteiger partial charge in [-0.25, -0.2) is 0 Å². The highest BCUT2D eigenvalue weighted by atomic mass is 16.7. The van der Waals surface area contributed by atoms with E-state index < -0.39 is 0 Å². The van der Waals surface area contributed by atoms with Crippen molar-refractivity contribution in [3.8, 4) is 0 Å². The zero-order valence-corrected chi connectivity index (χ0v) is 10.4. The van der Waals surface area contributed by atoms with Crippen LogP contribution in [0.2, 0.25) is 0 Å². The van der Waals surface area contributed by atoms with E-state index in [4.69, 9.17) is 9.47 Å². The fourth-order valence-electron chi connectivity index (χ4n) is 1.38. The van der Waals surface area contributed by atoms with Gasteiger partial charge in [-0.2, -0.15) is 0 Å². The molecule has 0 amide bonds. The van der Waals surface area contributed by atoms with Gasteiger partial charge in [0.05, 0.1) is 6.54 Å². The van der Waals surface area contributed by atoms with Gasteiger partial charge in [0.25, 0.3) is 0 Å². The molecule has 0 atom stereocenters. The summed E-state index contributed by atoms with van der Waals surface area (Å²) in [5.74, 6) is 0. The molecule has 0 N–H and O–H groups in total. The van der Waals surface area contributed by atoms with E-state index >= 15 is 0 Å². The van der Waals surface area contributed by atoms with Crippen molar-refractivity contribution in [2.75, 3.05) is 20.8 Å². The fourth-order valence-corrected chi connectivity index (χ4v) is 1.38. The van der Waals surface area contributed by atoms with Crippen molar-refractivity contribution in [3.05, 3.63) is 34.9 Å². The van der Waals surface area contributed by atoms with Crippen LogP contribution < -0.4 is 0 Å². The zero-order chi connectivity index (χ0) is 12.0. The van der Waals surface area contributed by atoms with Gasteiger partial charge in [0.2, 0.25) is 0 Å². The van der Waals surface area contributed by atoms with Gasteiger partial charge in [-0.15, -0.1) is 0 Å². The Morgan fingerprint density at radius 3 is 2.56 bits per heavy atom. The third-order valence-electron chi connectivity index (χ3n) is 2.45. The van der Waals surface area contributed by atoms with Crippen LogP contribution in [0.4, 0.5) is 0 Å². The summed E-state index contributed by atoms with van der Waals surface area (Å²) < 4.78 is 10.1. The van der Waals surface area contributed by atoms with Gasteiger partial charge >= 0.3 is 0 Å². The molecule has 0 bridgehead atoms. The molecule has 0 aliphatic carbocycles. The molecule has 0 fully saturated rings. The van der Waals surface area contributed by atoms with E-state index in [2.05, 4.69) is 37.0 Å². The highest BCUT2D eigenvalue weighted by molar-refractivity contribution is 5.81. The van der Waals surface area contributed by atoms with Crippen molar-refractivity contribution in [2.45, 2.75) is 20.1 Å². The Hall–Kier alpha value is -1.19. The third-order valence-corrected chi connectivity index (χ3v) is 2.45. The highest BCUT2D eigenvalue weighted by Gasteiger charge is 2.01. The molecule has 3 nitrogen and oxygen atoms in total. The first-order valence-corrected chi connectivity index (χ1v) is 5.30. The smallest absolute Gasteiger partial charge is 0.176 e. The lowest BCUT2D eigenvalue weighted by molar-refractivity contribution is -0.0936. The number of aryl methyl sites for hydroxylation is 2. The Balaban J connectivity index is 2.65. The number of methoxy groups -OCH3 is 2. The lowest BCUT2D eigenvalue weighted by Crippen LogP contribution is -2.16. The van der Waals surface area contributed by atoms with Crippen LogP contribution in [0.25, 0.3) is 0 Å². The molecule has 1 rings (SSSR count). The van der Waals surface area contributed by atoms with Gasteiger partial charge in [-0.05, 0) is 25.0 Å². The quantitative estimate of drug-likeness (QED) is 0.564. The van der Waals surface area contributed by atoms with E-state index in [0.29, 0.717) is 6.54 Å². The second kappa shape index (κ2) is 6.40. The SMILES string of the molecule is COC(CN=Cc1cc(C)ccc1C)OC. The molecule has 0 aliphatic rings. The maximum atomic E-state index is 5.06. The van der Waals surface area contributed by atoms with Gasteiger partial charge in [0.1, 0.15) is 0 Å². The van der Waals surface area contributed by atoms with E-state index in [-0.39, 0.29) is 6.29 Å². The van der Waals surface area contributed by atoms with Crippen molar-refractivity contribution < 1.29 is 9.47 Å². The average molecular weight is 221 g/mol. The first-order chi connectivity index (χ1) is 7.67. The van der Waals surface area contributed by atoms with Crippen molar-refractivity contribution in [1.82, 2.24) is 0 Å². The first-order valence-electron chi connectivity index (χ1n) is 5.30. The highest BCUT2D eigenvalue weighted by Crippen LogP contribution is 2.08. The molecule has 0 radical (unpaired) electrons. The second-order valence-corrected chi connectivity index (χ2v) is 3.76. The number of nitrogens with zero attached hydrogens (tertiary/aromatic N) is 1. The number of rotatable bonds is 5. The summed E-state index contributed by atoms with van der Waals surface area (Å²) in [7, 11) is 3.23. The van der Waals surface area contributed by atoms with Crippen LogP contribution in [-0.4, -0.2) is 33.3 Å². The predicted molar refractivity (Wildman–Crippen MR) is 66.2 cm³/mol. The molecule has 16 heavy (non-hydrogen) atoms. The van der Waals surface area contributed by atoms with Crippen molar-refractivity contribution in [3.63, 3.8) is 0 Å². The molecular formula is C13H19NO2. The number of aliphatic imine (C=N–C) groups is 1. The van der Waals surface area contributed by atoms with Crippen LogP contribution in [0.15, 0.2) is 23.2 Å². The van der Waals surface area contributed by atoms with E-state index in [1.807, 2.05) is 6.21 Å². The van der Waals surface area contributed by atoms with Gasteiger partial charge < -0.3 is 9.47 Å². The van der Waals surface area contributed by atoms with Crippen LogP contribution in [0, 0.1) is 13.8 Å². The Kier molecular flexibility index (Phi) is 5.15. The fraction of sp³-hybridized carbons (Fsp3) is 0.462. The summed E-state index contributed by atoms with van der Waals surface area (Å²) in [6, 6.07) is 6.31. The minimum absolute atomic E-state index is 0.263. The Bertz CT molecular complexity index is 357. The van der Waals surface area contributed by atoms with Crippen LogP contribution in [0.3, 0.4) is 0 Å². The average Bonchev–Trinajstić information content (AvgIpc) is 2.29. The van der Waals surface area contributed by atoms with E-state index in [9.17, 15) is 0 Å². The Labute approximate surface area is 97.1 Å². The molecule has 0 unspecified atom stereocenters. The van der Waals surface area contributed by atoms with Crippen molar-refractivity contribution >= 4 is 6.21 Å². The maximum absolute atomic E-state index is 5.06.